The fourth-order valence-corrected chi connectivity index (χ4v) is 3.52. The van der Waals surface area contributed by atoms with E-state index in [1.165, 1.54) is 5.56 Å². The van der Waals surface area contributed by atoms with E-state index in [-0.39, 0.29) is 19.0 Å². The standard InChI is InChI=1S/C20H24F3N3O2/c1-3-14-4-6-16(7-5-14)26-17(8-11-24-26)15-9-12-25(13-10-15)18(27)19(2,28)20(21,22)23/h4-8,11,15,28H,3,9-10,12-13H2,1-2H3. The molecule has 2 heterocycles. The molecule has 8 heteroatoms. The first-order valence-corrected chi connectivity index (χ1v) is 9.37. The van der Waals surface area contributed by atoms with Gasteiger partial charge >= 0.3 is 6.18 Å². The molecule has 1 N–H and O–H groups in total. The lowest BCUT2D eigenvalue weighted by Gasteiger charge is -2.36. The molecule has 5 nitrogen and oxygen atoms in total. The maximum atomic E-state index is 12.9. The van der Waals surface area contributed by atoms with Gasteiger partial charge in [0.05, 0.1) is 5.69 Å². The van der Waals surface area contributed by atoms with E-state index in [0.717, 1.165) is 22.7 Å². The molecular formula is C20H24F3N3O2. The van der Waals surface area contributed by atoms with Crippen molar-refractivity contribution >= 4 is 5.91 Å². The molecule has 2 aromatic rings. The average Bonchev–Trinajstić information content (AvgIpc) is 3.16. The molecule has 1 amide bonds. The third kappa shape index (κ3) is 3.78. The van der Waals surface area contributed by atoms with Crippen molar-refractivity contribution in [1.82, 2.24) is 14.7 Å². The zero-order valence-corrected chi connectivity index (χ0v) is 15.9. The van der Waals surface area contributed by atoms with E-state index in [2.05, 4.69) is 12.0 Å². The van der Waals surface area contributed by atoms with Gasteiger partial charge in [0.15, 0.2) is 0 Å². The van der Waals surface area contributed by atoms with Crippen LogP contribution in [0, 0.1) is 0 Å². The molecular weight excluding hydrogens is 371 g/mol. The molecule has 1 fully saturated rings. The number of benzene rings is 1. The van der Waals surface area contributed by atoms with E-state index < -0.39 is 17.7 Å². The summed E-state index contributed by atoms with van der Waals surface area (Å²) in [5.41, 5.74) is -0.238. The highest BCUT2D eigenvalue weighted by molar-refractivity contribution is 5.85. The number of likely N-dealkylation sites (tertiary alicyclic amines) is 1. The average molecular weight is 395 g/mol. The number of amides is 1. The van der Waals surface area contributed by atoms with Crippen LogP contribution in [-0.2, 0) is 11.2 Å². The fourth-order valence-electron chi connectivity index (χ4n) is 3.52. The number of carbonyl (C=O) groups is 1. The first-order chi connectivity index (χ1) is 13.1. The molecule has 3 rings (SSSR count). The number of hydrogen-bond donors (Lipinski definition) is 1. The Morgan fingerprint density at radius 1 is 1.18 bits per heavy atom. The summed E-state index contributed by atoms with van der Waals surface area (Å²) in [5.74, 6) is -1.21. The lowest BCUT2D eigenvalue weighted by Crippen LogP contribution is -2.57. The highest BCUT2D eigenvalue weighted by atomic mass is 19.4. The van der Waals surface area contributed by atoms with Crippen LogP contribution in [0.3, 0.4) is 0 Å². The van der Waals surface area contributed by atoms with Gasteiger partial charge in [0, 0.05) is 30.9 Å². The Morgan fingerprint density at radius 2 is 1.79 bits per heavy atom. The van der Waals surface area contributed by atoms with Crippen LogP contribution >= 0.6 is 0 Å². The van der Waals surface area contributed by atoms with Crippen LogP contribution in [0.2, 0.25) is 0 Å². The molecule has 1 aliphatic heterocycles. The summed E-state index contributed by atoms with van der Waals surface area (Å²) < 4.78 is 40.6. The summed E-state index contributed by atoms with van der Waals surface area (Å²) in [4.78, 5) is 13.2. The van der Waals surface area contributed by atoms with Crippen LogP contribution in [-0.4, -0.2) is 50.6 Å². The maximum absolute atomic E-state index is 12.9. The number of alkyl halides is 3. The Kier molecular flexibility index (Phi) is 5.52. The summed E-state index contributed by atoms with van der Waals surface area (Å²) in [6, 6.07) is 9.98. The smallest absolute Gasteiger partial charge is 0.373 e. The number of piperidine rings is 1. The minimum atomic E-state index is -5.00. The van der Waals surface area contributed by atoms with Crippen LogP contribution in [0.1, 0.15) is 43.9 Å². The van der Waals surface area contributed by atoms with Crippen molar-refractivity contribution in [1.29, 1.82) is 0 Å². The number of hydrogen-bond acceptors (Lipinski definition) is 3. The summed E-state index contributed by atoms with van der Waals surface area (Å²) in [5, 5.41) is 14.0. The second kappa shape index (κ2) is 7.58. The Balaban J connectivity index is 1.71. The first-order valence-electron chi connectivity index (χ1n) is 9.37. The van der Waals surface area contributed by atoms with Crippen LogP contribution < -0.4 is 0 Å². The number of carbonyl (C=O) groups excluding carboxylic acids is 1. The van der Waals surface area contributed by atoms with Crippen LogP contribution in [0.25, 0.3) is 5.69 Å². The highest BCUT2D eigenvalue weighted by Crippen LogP contribution is 2.34. The number of aromatic nitrogens is 2. The molecule has 0 aliphatic carbocycles. The second-order valence-electron chi connectivity index (χ2n) is 7.32. The Hall–Kier alpha value is -2.35. The second-order valence-corrected chi connectivity index (χ2v) is 7.32. The van der Waals surface area contributed by atoms with Gasteiger partial charge in [0.2, 0.25) is 5.60 Å². The third-order valence-electron chi connectivity index (χ3n) is 5.43. The Labute approximate surface area is 161 Å². The van der Waals surface area contributed by atoms with Crippen molar-refractivity contribution in [2.45, 2.75) is 50.8 Å². The van der Waals surface area contributed by atoms with Crippen molar-refractivity contribution < 1.29 is 23.1 Å². The monoisotopic (exact) mass is 395 g/mol. The van der Waals surface area contributed by atoms with Gasteiger partial charge in [-0.2, -0.15) is 18.3 Å². The molecule has 0 saturated carbocycles. The molecule has 152 valence electrons. The normalized spacial score (nSPS) is 18.1. The topological polar surface area (TPSA) is 58.4 Å². The third-order valence-corrected chi connectivity index (χ3v) is 5.43. The number of nitrogens with zero attached hydrogens (tertiary/aromatic N) is 3. The van der Waals surface area contributed by atoms with E-state index in [9.17, 15) is 23.1 Å². The summed E-state index contributed by atoms with van der Waals surface area (Å²) in [6.07, 6.45) is -1.32. The molecule has 1 aromatic carbocycles. The van der Waals surface area contributed by atoms with Gasteiger partial charge in [0.25, 0.3) is 5.91 Å². The van der Waals surface area contributed by atoms with Gasteiger partial charge in [-0.15, -0.1) is 0 Å². The van der Waals surface area contributed by atoms with Gasteiger partial charge < -0.3 is 10.0 Å². The van der Waals surface area contributed by atoms with Crippen LogP contribution in [0.15, 0.2) is 36.5 Å². The maximum Gasteiger partial charge on any atom is 0.426 e. The number of rotatable bonds is 4. The highest BCUT2D eigenvalue weighted by Gasteiger charge is 2.57. The van der Waals surface area contributed by atoms with Crippen molar-refractivity contribution in [3.8, 4) is 5.69 Å². The molecule has 1 aliphatic rings. The SMILES string of the molecule is CCc1ccc(-n2nccc2C2CCN(C(=O)C(C)(O)C(F)(F)F)CC2)cc1. The van der Waals surface area contributed by atoms with Gasteiger partial charge in [-0.25, -0.2) is 4.68 Å². The molecule has 1 unspecified atom stereocenters. The molecule has 0 spiro atoms. The summed E-state index contributed by atoms with van der Waals surface area (Å²) in [7, 11) is 0. The quantitative estimate of drug-likeness (QED) is 0.863. The minimum absolute atomic E-state index is 0.0771. The van der Waals surface area contributed by atoms with Crippen LogP contribution in [0.5, 0.6) is 0 Å². The van der Waals surface area contributed by atoms with Crippen LogP contribution in [0.4, 0.5) is 13.2 Å². The summed E-state index contributed by atoms with van der Waals surface area (Å²) in [6.45, 7) is 2.92. The zero-order valence-electron chi connectivity index (χ0n) is 15.9. The Morgan fingerprint density at radius 3 is 2.32 bits per heavy atom. The van der Waals surface area contributed by atoms with E-state index in [0.29, 0.717) is 19.8 Å². The van der Waals surface area contributed by atoms with E-state index in [1.807, 2.05) is 35.0 Å². The van der Waals surface area contributed by atoms with Gasteiger partial charge in [-0.1, -0.05) is 19.1 Å². The Bertz CT molecular complexity index is 820. The molecule has 1 saturated heterocycles. The van der Waals surface area contributed by atoms with Crippen molar-refractivity contribution in [3.05, 3.63) is 47.8 Å². The number of aryl methyl sites for hydroxylation is 1. The fraction of sp³-hybridized carbons (Fsp3) is 0.500. The van der Waals surface area contributed by atoms with Gasteiger partial charge in [-0.05, 0) is 49.9 Å². The largest absolute Gasteiger partial charge is 0.426 e. The predicted molar refractivity (Wildman–Crippen MR) is 98.2 cm³/mol. The minimum Gasteiger partial charge on any atom is -0.373 e. The molecule has 1 atom stereocenters. The van der Waals surface area contributed by atoms with Crippen molar-refractivity contribution in [2.75, 3.05) is 13.1 Å². The molecule has 28 heavy (non-hydrogen) atoms. The first kappa shape index (κ1) is 20.4. The molecule has 1 aromatic heterocycles. The zero-order chi connectivity index (χ0) is 20.5. The van der Waals surface area contributed by atoms with E-state index in [4.69, 9.17) is 0 Å². The molecule has 0 bridgehead atoms. The molecule has 0 radical (unpaired) electrons. The summed E-state index contributed by atoms with van der Waals surface area (Å²) >= 11 is 0. The van der Waals surface area contributed by atoms with Gasteiger partial charge in [-0.3, -0.25) is 4.79 Å². The predicted octanol–water partition coefficient (Wildman–Crippen LogP) is 3.45. The lowest BCUT2D eigenvalue weighted by atomic mass is 9.92. The van der Waals surface area contributed by atoms with E-state index >= 15 is 0 Å². The van der Waals surface area contributed by atoms with Gasteiger partial charge in [0.1, 0.15) is 0 Å². The lowest BCUT2D eigenvalue weighted by molar-refractivity contribution is -0.250. The van der Waals surface area contributed by atoms with Crippen molar-refractivity contribution in [2.24, 2.45) is 0 Å². The van der Waals surface area contributed by atoms with Crippen molar-refractivity contribution in [3.63, 3.8) is 0 Å². The number of halogens is 3. The van der Waals surface area contributed by atoms with E-state index in [1.54, 1.807) is 6.20 Å². The number of aliphatic hydroxyl groups is 1.